The Hall–Kier alpha value is -0.320. The van der Waals surface area contributed by atoms with Crippen LogP contribution >= 0.6 is 12.4 Å². The molecular formula is C13H25ClN2O2. The van der Waals surface area contributed by atoms with E-state index in [1.54, 1.807) is 0 Å². The molecule has 0 aromatic carbocycles. The molecule has 2 heterocycles. The second kappa shape index (κ2) is 7.31. The number of nitrogens with zero attached hydrogens (tertiary/aromatic N) is 1. The Bertz CT molecular complexity index is 270. The van der Waals surface area contributed by atoms with E-state index in [1.807, 2.05) is 4.90 Å². The minimum absolute atomic E-state index is 0. The van der Waals surface area contributed by atoms with Crippen LogP contribution in [0.25, 0.3) is 0 Å². The van der Waals surface area contributed by atoms with Gasteiger partial charge in [-0.15, -0.1) is 12.4 Å². The van der Waals surface area contributed by atoms with Gasteiger partial charge in [-0.3, -0.25) is 4.79 Å². The fraction of sp³-hybridized carbons (Fsp3) is 0.923. The number of nitrogens with two attached hydrogens (primary N) is 1. The van der Waals surface area contributed by atoms with Crippen LogP contribution in [-0.2, 0) is 9.53 Å². The summed E-state index contributed by atoms with van der Waals surface area (Å²) in [6, 6.07) is 0.261. The van der Waals surface area contributed by atoms with Gasteiger partial charge < -0.3 is 15.4 Å². The van der Waals surface area contributed by atoms with Gasteiger partial charge in [0.05, 0.1) is 6.10 Å². The Morgan fingerprint density at radius 1 is 1.44 bits per heavy atom. The van der Waals surface area contributed by atoms with Crippen LogP contribution in [0.15, 0.2) is 0 Å². The van der Waals surface area contributed by atoms with Crippen molar-refractivity contribution in [3.05, 3.63) is 0 Å². The maximum Gasteiger partial charge on any atom is 0.222 e. The molecule has 2 N–H and O–H groups in total. The standard InChI is InChI=1S/C13H24N2O2.ClH/c1-10-9-15(7-6-12(10)14)13(16)5-4-11-3-2-8-17-11;/h10-12H,2-9,14H2,1H3;1H. The number of piperidine rings is 1. The zero-order valence-corrected chi connectivity index (χ0v) is 12.0. The fourth-order valence-corrected chi connectivity index (χ4v) is 2.70. The lowest BCUT2D eigenvalue weighted by Crippen LogP contribution is -2.48. The Morgan fingerprint density at radius 3 is 2.83 bits per heavy atom. The maximum atomic E-state index is 12.0. The van der Waals surface area contributed by atoms with E-state index in [4.69, 9.17) is 10.5 Å². The van der Waals surface area contributed by atoms with Crippen molar-refractivity contribution in [1.82, 2.24) is 4.90 Å². The molecule has 0 bridgehead atoms. The van der Waals surface area contributed by atoms with Crippen molar-refractivity contribution in [3.8, 4) is 0 Å². The van der Waals surface area contributed by atoms with Crippen LogP contribution in [0.2, 0.25) is 0 Å². The fourth-order valence-electron chi connectivity index (χ4n) is 2.70. The van der Waals surface area contributed by atoms with Crippen LogP contribution in [0.4, 0.5) is 0 Å². The van der Waals surface area contributed by atoms with Crippen molar-refractivity contribution in [2.45, 2.75) is 51.2 Å². The predicted octanol–water partition coefficient (Wildman–Crippen LogP) is 1.56. The van der Waals surface area contributed by atoms with E-state index >= 15 is 0 Å². The quantitative estimate of drug-likeness (QED) is 0.851. The molecule has 0 aromatic heterocycles. The first kappa shape index (κ1) is 15.7. The summed E-state index contributed by atoms with van der Waals surface area (Å²) in [5.41, 5.74) is 5.96. The first-order chi connectivity index (χ1) is 8.16. The molecule has 0 aromatic rings. The van der Waals surface area contributed by atoms with E-state index in [-0.39, 0.29) is 24.4 Å². The number of carbonyl (C=O) groups is 1. The molecule has 2 fully saturated rings. The van der Waals surface area contributed by atoms with Crippen LogP contribution in [-0.4, -0.2) is 42.6 Å². The summed E-state index contributed by atoms with van der Waals surface area (Å²) < 4.78 is 5.54. The van der Waals surface area contributed by atoms with Crippen molar-refractivity contribution >= 4 is 18.3 Å². The van der Waals surface area contributed by atoms with E-state index < -0.39 is 0 Å². The summed E-state index contributed by atoms with van der Waals surface area (Å²) in [4.78, 5) is 14.0. The van der Waals surface area contributed by atoms with Gasteiger partial charge in [0.25, 0.3) is 0 Å². The molecule has 3 atom stereocenters. The lowest BCUT2D eigenvalue weighted by Gasteiger charge is -2.35. The number of amides is 1. The van der Waals surface area contributed by atoms with Crippen LogP contribution in [0.5, 0.6) is 0 Å². The lowest BCUT2D eigenvalue weighted by atomic mass is 9.94. The van der Waals surface area contributed by atoms with E-state index in [2.05, 4.69) is 6.92 Å². The summed E-state index contributed by atoms with van der Waals surface area (Å²) in [6.07, 6.45) is 5.04. The second-order valence-corrected chi connectivity index (χ2v) is 5.44. The largest absolute Gasteiger partial charge is 0.378 e. The number of halogens is 1. The summed E-state index contributed by atoms with van der Waals surface area (Å²) in [6.45, 7) is 4.65. The lowest BCUT2D eigenvalue weighted by molar-refractivity contribution is -0.133. The molecule has 2 saturated heterocycles. The number of ether oxygens (including phenoxy) is 1. The molecule has 1 amide bonds. The maximum absolute atomic E-state index is 12.0. The van der Waals surface area contributed by atoms with Crippen LogP contribution in [0, 0.1) is 5.92 Å². The summed E-state index contributed by atoms with van der Waals surface area (Å²) in [7, 11) is 0. The normalized spacial score (nSPS) is 32.1. The molecule has 2 aliphatic heterocycles. The third kappa shape index (κ3) is 4.11. The van der Waals surface area contributed by atoms with Gasteiger partial charge in [0.15, 0.2) is 0 Å². The van der Waals surface area contributed by atoms with Crippen molar-refractivity contribution in [2.75, 3.05) is 19.7 Å². The van der Waals surface area contributed by atoms with Gasteiger partial charge in [0.1, 0.15) is 0 Å². The van der Waals surface area contributed by atoms with Gasteiger partial charge in [-0.1, -0.05) is 6.92 Å². The van der Waals surface area contributed by atoms with E-state index in [0.29, 0.717) is 18.4 Å². The molecule has 0 saturated carbocycles. The van der Waals surface area contributed by atoms with Gasteiger partial charge >= 0.3 is 0 Å². The Kier molecular flexibility index (Phi) is 6.39. The minimum Gasteiger partial charge on any atom is -0.378 e. The molecule has 2 rings (SSSR count). The molecule has 5 heteroatoms. The third-order valence-corrected chi connectivity index (χ3v) is 4.03. The van der Waals surface area contributed by atoms with Crippen LogP contribution in [0.3, 0.4) is 0 Å². The number of likely N-dealkylation sites (tertiary alicyclic amines) is 1. The van der Waals surface area contributed by atoms with Gasteiger partial charge in [0.2, 0.25) is 5.91 Å². The van der Waals surface area contributed by atoms with Gasteiger partial charge in [-0.25, -0.2) is 0 Å². The molecule has 0 radical (unpaired) electrons. The molecular weight excluding hydrogens is 252 g/mol. The van der Waals surface area contributed by atoms with Gasteiger partial charge in [-0.2, -0.15) is 0 Å². The highest BCUT2D eigenvalue weighted by molar-refractivity contribution is 5.85. The Labute approximate surface area is 116 Å². The average molecular weight is 277 g/mol. The summed E-state index contributed by atoms with van der Waals surface area (Å²) in [5.74, 6) is 0.703. The van der Waals surface area contributed by atoms with Crippen LogP contribution < -0.4 is 5.73 Å². The van der Waals surface area contributed by atoms with Crippen LogP contribution in [0.1, 0.15) is 39.0 Å². The van der Waals surface area contributed by atoms with E-state index in [9.17, 15) is 4.79 Å². The van der Waals surface area contributed by atoms with Gasteiger partial charge in [-0.05, 0) is 31.6 Å². The molecule has 0 spiro atoms. The van der Waals surface area contributed by atoms with E-state index in [1.165, 1.54) is 0 Å². The SMILES string of the molecule is CC1CN(C(=O)CCC2CCCO2)CCC1N.Cl. The van der Waals surface area contributed by atoms with Crippen molar-refractivity contribution in [3.63, 3.8) is 0 Å². The highest BCUT2D eigenvalue weighted by atomic mass is 35.5. The summed E-state index contributed by atoms with van der Waals surface area (Å²) in [5, 5.41) is 0. The number of hydrogen-bond acceptors (Lipinski definition) is 3. The molecule has 3 unspecified atom stereocenters. The molecule has 18 heavy (non-hydrogen) atoms. The Morgan fingerprint density at radius 2 is 2.22 bits per heavy atom. The first-order valence-corrected chi connectivity index (χ1v) is 6.82. The Balaban J connectivity index is 0.00000162. The highest BCUT2D eigenvalue weighted by Crippen LogP contribution is 2.19. The number of carbonyl (C=O) groups excluding carboxylic acids is 1. The zero-order chi connectivity index (χ0) is 12.3. The summed E-state index contributed by atoms with van der Waals surface area (Å²) >= 11 is 0. The number of hydrogen-bond donors (Lipinski definition) is 1. The zero-order valence-electron chi connectivity index (χ0n) is 11.1. The smallest absolute Gasteiger partial charge is 0.222 e. The number of rotatable bonds is 3. The highest BCUT2D eigenvalue weighted by Gasteiger charge is 2.26. The van der Waals surface area contributed by atoms with Crippen molar-refractivity contribution in [1.29, 1.82) is 0 Å². The minimum atomic E-state index is 0. The third-order valence-electron chi connectivity index (χ3n) is 4.03. The molecule has 106 valence electrons. The topological polar surface area (TPSA) is 55.6 Å². The van der Waals surface area contributed by atoms with Crippen molar-refractivity contribution < 1.29 is 9.53 Å². The van der Waals surface area contributed by atoms with Crippen molar-refractivity contribution in [2.24, 2.45) is 11.7 Å². The first-order valence-electron chi connectivity index (χ1n) is 6.82. The monoisotopic (exact) mass is 276 g/mol. The van der Waals surface area contributed by atoms with Gasteiger partial charge in [0, 0.05) is 32.2 Å². The molecule has 4 nitrogen and oxygen atoms in total. The van der Waals surface area contributed by atoms with E-state index in [0.717, 1.165) is 45.4 Å². The predicted molar refractivity (Wildman–Crippen MR) is 73.8 cm³/mol. The average Bonchev–Trinajstić information content (AvgIpc) is 2.82. The second-order valence-electron chi connectivity index (χ2n) is 5.44. The molecule has 2 aliphatic rings. The molecule has 0 aliphatic carbocycles.